The van der Waals surface area contributed by atoms with E-state index in [-0.39, 0.29) is 0 Å². The first-order valence-electron chi connectivity index (χ1n) is 5.68. The molecular weight excluding hydrogens is 264 g/mol. The van der Waals surface area contributed by atoms with Crippen LogP contribution in [0.5, 0.6) is 11.5 Å². The van der Waals surface area contributed by atoms with Crippen LogP contribution in [-0.4, -0.2) is 14.2 Å². The highest BCUT2D eigenvalue weighted by molar-refractivity contribution is 6.33. The van der Waals surface area contributed by atoms with E-state index in [0.717, 1.165) is 17.1 Å². The number of halogens is 1. The molecule has 2 aromatic rings. The molecule has 4 nitrogen and oxygen atoms in total. The average molecular weight is 279 g/mol. The molecule has 0 unspecified atom stereocenters. The van der Waals surface area contributed by atoms with Crippen LogP contribution in [0.15, 0.2) is 36.4 Å². The Morgan fingerprint density at radius 1 is 1.05 bits per heavy atom. The van der Waals surface area contributed by atoms with Gasteiger partial charge in [-0.15, -0.1) is 0 Å². The average Bonchev–Trinajstić information content (AvgIpc) is 2.43. The van der Waals surface area contributed by atoms with Gasteiger partial charge < -0.3 is 20.5 Å². The van der Waals surface area contributed by atoms with Crippen molar-refractivity contribution >= 4 is 28.7 Å². The van der Waals surface area contributed by atoms with Crippen molar-refractivity contribution in [2.24, 2.45) is 0 Å². The minimum atomic E-state index is 0.588. The number of anilines is 3. The lowest BCUT2D eigenvalue weighted by molar-refractivity contribution is 0.415. The molecule has 0 aromatic heterocycles. The molecule has 0 heterocycles. The van der Waals surface area contributed by atoms with Crippen molar-refractivity contribution in [3.05, 3.63) is 41.4 Å². The van der Waals surface area contributed by atoms with Crippen molar-refractivity contribution in [2.45, 2.75) is 0 Å². The smallest absolute Gasteiger partial charge is 0.143 e. The molecule has 0 spiro atoms. The molecule has 0 saturated carbocycles. The van der Waals surface area contributed by atoms with Gasteiger partial charge in [0.1, 0.15) is 11.5 Å². The van der Waals surface area contributed by atoms with E-state index in [0.29, 0.717) is 16.5 Å². The van der Waals surface area contributed by atoms with E-state index in [1.165, 1.54) is 0 Å². The van der Waals surface area contributed by atoms with Crippen molar-refractivity contribution in [3.8, 4) is 11.5 Å². The molecule has 0 bridgehead atoms. The zero-order chi connectivity index (χ0) is 13.8. The summed E-state index contributed by atoms with van der Waals surface area (Å²) in [5.74, 6) is 1.35. The van der Waals surface area contributed by atoms with Crippen LogP contribution < -0.4 is 20.5 Å². The van der Waals surface area contributed by atoms with Gasteiger partial charge in [0.25, 0.3) is 0 Å². The van der Waals surface area contributed by atoms with E-state index >= 15 is 0 Å². The monoisotopic (exact) mass is 278 g/mol. The number of hydrogen-bond acceptors (Lipinski definition) is 4. The van der Waals surface area contributed by atoms with E-state index in [1.807, 2.05) is 18.2 Å². The molecule has 0 aliphatic heterocycles. The van der Waals surface area contributed by atoms with Crippen LogP contribution in [0.4, 0.5) is 17.1 Å². The van der Waals surface area contributed by atoms with Crippen LogP contribution in [0.1, 0.15) is 0 Å². The quantitative estimate of drug-likeness (QED) is 0.838. The van der Waals surface area contributed by atoms with Crippen molar-refractivity contribution in [1.82, 2.24) is 0 Å². The number of nitrogen functional groups attached to an aromatic ring is 1. The maximum atomic E-state index is 6.13. The number of ether oxygens (including phenoxy) is 2. The Bertz CT molecular complexity index is 588. The Balaban J connectivity index is 2.30. The fourth-order valence-corrected chi connectivity index (χ4v) is 1.84. The standard InChI is InChI=1S/C14H15ClN2O2/c1-18-10-4-5-11(15)13(8-10)17-9-3-6-12(16)14(7-9)19-2/h3-8,17H,16H2,1-2H3. The molecule has 0 amide bonds. The highest BCUT2D eigenvalue weighted by atomic mass is 35.5. The van der Waals surface area contributed by atoms with Crippen LogP contribution in [0.2, 0.25) is 5.02 Å². The van der Waals surface area contributed by atoms with Crippen LogP contribution >= 0.6 is 11.6 Å². The summed E-state index contributed by atoms with van der Waals surface area (Å²) in [6.07, 6.45) is 0. The van der Waals surface area contributed by atoms with Crippen LogP contribution in [0.3, 0.4) is 0 Å². The van der Waals surface area contributed by atoms with Crippen molar-refractivity contribution in [3.63, 3.8) is 0 Å². The van der Waals surface area contributed by atoms with Gasteiger partial charge in [-0.2, -0.15) is 0 Å². The number of nitrogens with one attached hydrogen (secondary N) is 1. The molecule has 0 aliphatic rings. The summed E-state index contributed by atoms with van der Waals surface area (Å²) in [7, 11) is 3.19. The van der Waals surface area contributed by atoms with Gasteiger partial charge in [0, 0.05) is 17.8 Å². The van der Waals surface area contributed by atoms with Gasteiger partial charge in [-0.25, -0.2) is 0 Å². The normalized spacial score (nSPS) is 10.1. The second-order valence-corrected chi connectivity index (χ2v) is 4.33. The number of nitrogens with two attached hydrogens (primary N) is 1. The zero-order valence-electron chi connectivity index (χ0n) is 10.7. The number of hydrogen-bond donors (Lipinski definition) is 2. The Hall–Kier alpha value is -2.07. The molecule has 19 heavy (non-hydrogen) atoms. The van der Waals surface area contributed by atoms with E-state index in [2.05, 4.69) is 5.32 Å². The van der Waals surface area contributed by atoms with E-state index in [1.54, 1.807) is 32.4 Å². The molecule has 3 N–H and O–H groups in total. The maximum absolute atomic E-state index is 6.13. The minimum Gasteiger partial charge on any atom is -0.497 e. The lowest BCUT2D eigenvalue weighted by Crippen LogP contribution is -1.96. The van der Waals surface area contributed by atoms with Gasteiger partial charge in [-0.1, -0.05) is 11.6 Å². The van der Waals surface area contributed by atoms with Gasteiger partial charge in [-0.05, 0) is 24.3 Å². The molecule has 2 aromatic carbocycles. The first-order valence-corrected chi connectivity index (χ1v) is 6.06. The van der Waals surface area contributed by atoms with Gasteiger partial charge in [0.2, 0.25) is 0 Å². The number of methoxy groups -OCH3 is 2. The van der Waals surface area contributed by atoms with Gasteiger partial charge in [-0.3, -0.25) is 0 Å². The second-order valence-electron chi connectivity index (χ2n) is 3.93. The highest BCUT2D eigenvalue weighted by Crippen LogP contribution is 2.32. The summed E-state index contributed by atoms with van der Waals surface area (Å²) >= 11 is 6.13. The molecule has 0 radical (unpaired) electrons. The molecule has 0 aliphatic carbocycles. The Kier molecular flexibility index (Phi) is 4.02. The van der Waals surface area contributed by atoms with Crippen molar-refractivity contribution < 1.29 is 9.47 Å². The van der Waals surface area contributed by atoms with Gasteiger partial charge in [0.05, 0.1) is 30.6 Å². The summed E-state index contributed by atoms with van der Waals surface area (Å²) in [5.41, 5.74) is 7.95. The van der Waals surface area contributed by atoms with Gasteiger partial charge >= 0.3 is 0 Å². The van der Waals surface area contributed by atoms with Crippen LogP contribution in [0, 0.1) is 0 Å². The molecular formula is C14H15ClN2O2. The fourth-order valence-electron chi connectivity index (χ4n) is 1.67. The molecule has 0 atom stereocenters. The van der Waals surface area contributed by atoms with Crippen LogP contribution in [-0.2, 0) is 0 Å². The van der Waals surface area contributed by atoms with E-state index in [4.69, 9.17) is 26.8 Å². The van der Waals surface area contributed by atoms with E-state index < -0.39 is 0 Å². The lowest BCUT2D eigenvalue weighted by atomic mass is 10.2. The lowest BCUT2D eigenvalue weighted by Gasteiger charge is -2.12. The summed E-state index contributed by atoms with van der Waals surface area (Å²) in [6, 6.07) is 10.8. The number of rotatable bonds is 4. The molecule has 100 valence electrons. The fraction of sp³-hybridized carbons (Fsp3) is 0.143. The number of benzene rings is 2. The first-order chi connectivity index (χ1) is 9.13. The predicted octanol–water partition coefficient (Wildman–Crippen LogP) is 3.68. The van der Waals surface area contributed by atoms with E-state index in [9.17, 15) is 0 Å². The van der Waals surface area contributed by atoms with Crippen LogP contribution in [0.25, 0.3) is 0 Å². The molecule has 0 fully saturated rings. The van der Waals surface area contributed by atoms with Crippen molar-refractivity contribution in [2.75, 3.05) is 25.3 Å². The third kappa shape index (κ3) is 3.03. The Labute approximate surface area is 117 Å². The summed E-state index contributed by atoms with van der Waals surface area (Å²) in [6.45, 7) is 0. The van der Waals surface area contributed by atoms with Crippen molar-refractivity contribution in [1.29, 1.82) is 0 Å². The third-order valence-electron chi connectivity index (χ3n) is 2.69. The Morgan fingerprint density at radius 2 is 1.84 bits per heavy atom. The highest BCUT2D eigenvalue weighted by Gasteiger charge is 2.05. The Morgan fingerprint density at radius 3 is 2.53 bits per heavy atom. The summed E-state index contributed by atoms with van der Waals surface area (Å²) in [5, 5.41) is 3.81. The first kappa shape index (κ1) is 13.4. The topological polar surface area (TPSA) is 56.5 Å². The zero-order valence-corrected chi connectivity index (χ0v) is 11.5. The summed E-state index contributed by atoms with van der Waals surface area (Å²) < 4.78 is 10.3. The predicted molar refractivity (Wildman–Crippen MR) is 78.7 cm³/mol. The SMILES string of the molecule is COc1ccc(Cl)c(Nc2ccc(N)c(OC)c2)c1. The maximum Gasteiger partial charge on any atom is 0.143 e. The molecule has 5 heteroatoms. The second kappa shape index (κ2) is 5.71. The molecule has 0 saturated heterocycles. The largest absolute Gasteiger partial charge is 0.497 e. The van der Waals surface area contributed by atoms with Gasteiger partial charge in [0.15, 0.2) is 0 Å². The minimum absolute atomic E-state index is 0.588. The third-order valence-corrected chi connectivity index (χ3v) is 3.02. The summed E-state index contributed by atoms with van der Waals surface area (Å²) in [4.78, 5) is 0. The molecule has 2 rings (SSSR count).